The zero-order valence-corrected chi connectivity index (χ0v) is 9.61. The van der Waals surface area contributed by atoms with Gasteiger partial charge >= 0.3 is 0 Å². The van der Waals surface area contributed by atoms with Gasteiger partial charge < -0.3 is 0 Å². The highest BCUT2D eigenvalue weighted by molar-refractivity contribution is 5.47. The Morgan fingerprint density at radius 1 is 1.00 bits per heavy atom. The molecule has 0 unspecified atom stereocenters. The summed E-state index contributed by atoms with van der Waals surface area (Å²) in [5, 5.41) is 0. The van der Waals surface area contributed by atoms with Crippen LogP contribution in [-0.4, -0.2) is 0 Å². The van der Waals surface area contributed by atoms with Crippen LogP contribution in [0.5, 0.6) is 0 Å². The van der Waals surface area contributed by atoms with Gasteiger partial charge in [-0.2, -0.15) is 0 Å². The Bertz CT molecular complexity index is 478. The Morgan fingerprint density at radius 2 is 1.69 bits per heavy atom. The standard InChI is InChI=1S/C16H16/c1-3-14-8-10-15(11-9-14)12-16-7-5-4-6-13(16)2/h3-11H,1,12H2,2H3. The first-order valence-corrected chi connectivity index (χ1v) is 5.55. The molecule has 2 rings (SSSR count). The van der Waals surface area contributed by atoms with E-state index < -0.39 is 0 Å². The summed E-state index contributed by atoms with van der Waals surface area (Å²) in [7, 11) is 0. The fraction of sp³-hybridized carbons (Fsp3) is 0.125. The minimum absolute atomic E-state index is 1.00. The number of rotatable bonds is 3. The average Bonchev–Trinajstić information content (AvgIpc) is 2.33. The van der Waals surface area contributed by atoms with Crippen molar-refractivity contribution in [2.75, 3.05) is 0 Å². The van der Waals surface area contributed by atoms with Gasteiger partial charge in [-0.15, -0.1) is 0 Å². The van der Waals surface area contributed by atoms with Crippen LogP contribution in [0, 0.1) is 6.92 Å². The molecule has 0 spiro atoms. The largest absolute Gasteiger partial charge is 0.0985 e. The van der Waals surface area contributed by atoms with Crippen LogP contribution in [0.4, 0.5) is 0 Å². The maximum absolute atomic E-state index is 3.76. The van der Waals surface area contributed by atoms with E-state index in [1.807, 2.05) is 6.08 Å². The Morgan fingerprint density at radius 3 is 2.31 bits per heavy atom. The summed E-state index contributed by atoms with van der Waals surface area (Å²) in [4.78, 5) is 0. The van der Waals surface area contributed by atoms with E-state index in [1.165, 1.54) is 22.3 Å². The van der Waals surface area contributed by atoms with Gasteiger partial charge in [0.15, 0.2) is 0 Å². The van der Waals surface area contributed by atoms with Crippen molar-refractivity contribution in [3.05, 3.63) is 77.4 Å². The molecular weight excluding hydrogens is 192 g/mol. The minimum atomic E-state index is 1.00. The summed E-state index contributed by atoms with van der Waals surface area (Å²) < 4.78 is 0. The molecule has 0 atom stereocenters. The zero-order chi connectivity index (χ0) is 11.4. The zero-order valence-electron chi connectivity index (χ0n) is 9.61. The molecule has 0 heterocycles. The maximum atomic E-state index is 3.76. The van der Waals surface area contributed by atoms with Gasteiger partial charge in [0.2, 0.25) is 0 Å². The quantitative estimate of drug-likeness (QED) is 0.708. The molecule has 80 valence electrons. The van der Waals surface area contributed by atoms with Gasteiger partial charge in [-0.3, -0.25) is 0 Å². The third-order valence-electron chi connectivity index (χ3n) is 2.87. The van der Waals surface area contributed by atoms with Crippen LogP contribution in [-0.2, 0) is 6.42 Å². The molecular formula is C16H16. The van der Waals surface area contributed by atoms with Gasteiger partial charge in [0, 0.05) is 0 Å². The third kappa shape index (κ3) is 2.40. The van der Waals surface area contributed by atoms with E-state index >= 15 is 0 Å². The number of hydrogen-bond acceptors (Lipinski definition) is 0. The second kappa shape index (κ2) is 4.80. The number of hydrogen-bond donors (Lipinski definition) is 0. The van der Waals surface area contributed by atoms with Gasteiger partial charge in [0.05, 0.1) is 0 Å². The lowest BCUT2D eigenvalue weighted by molar-refractivity contribution is 1.16. The highest BCUT2D eigenvalue weighted by atomic mass is 14.0. The summed E-state index contributed by atoms with van der Waals surface area (Å²) >= 11 is 0. The fourth-order valence-electron chi connectivity index (χ4n) is 1.80. The summed E-state index contributed by atoms with van der Waals surface area (Å²) in [6.07, 6.45) is 2.88. The van der Waals surface area contributed by atoms with Gasteiger partial charge in [-0.25, -0.2) is 0 Å². The van der Waals surface area contributed by atoms with Crippen LogP contribution >= 0.6 is 0 Å². The van der Waals surface area contributed by atoms with Crippen molar-refractivity contribution in [3.63, 3.8) is 0 Å². The molecule has 0 saturated heterocycles. The van der Waals surface area contributed by atoms with Crippen molar-refractivity contribution >= 4 is 6.08 Å². The van der Waals surface area contributed by atoms with Crippen molar-refractivity contribution in [2.45, 2.75) is 13.3 Å². The molecule has 0 N–H and O–H groups in total. The molecule has 0 aliphatic heterocycles. The molecule has 0 bridgehead atoms. The lowest BCUT2D eigenvalue weighted by Gasteiger charge is -2.05. The van der Waals surface area contributed by atoms with E-state index in [1.54, 1.807) is 0 Å². The van der Waals surface area contributed by atoms with Crippen LogP contribution in [0.15, 0.2) is 55.1 Å². The van der Waals surface area contributed by atoms with Gasteiger partial charge in [0.1, 0.15) is 0 Å². The lowest BCUT2D eigenvalue weighted by atomic mass is 10.00. The summed E-state index contributed by atoms with van der Waals surface area (Å²) in [6, 6.07) is 17.1. The summed E-state index contributed by atoms with van der Waals surface area (Å²) in [6.45, 7) is 5.92. The Balaban J connectivity index is 2.21. The molecule has 0 radical (unpaired) electrons. The van der Waals surface area contributed by atoms with E-state index in [2.05, 4.69) is 62.0 Å². The Kier molecular flexibility index (Phi) is 3.21. The molecule has 0 aliphatic rings. The normalized spacial score (nSPS) is 10.1. The van der Waals surface area contributed by atoms with Crippen LogP contribution in [0.1, 0.15) is 22.3 Å². The van der Waals surface area contributed by atoms with Gasteiger partial charge in [0.25, 0.3) is 0 Å². The average molecular weight is 208 g/mol. The Labute approximate surface area is 97.3 Å². The van der Waals surface area contributed by atoms with Crippen LogP contribution < -0.4 is 0 Å². The van der Waals surface area contributed by atoms with Gasteiger partial charge in [-0.1, -0.05) is 61.2 Å². The van der Waals surface area contributed by atoms with Crippen molar-refractivity contribution in [1.82, 2.24) is 0 Å². The van der Waals surface area contributed by atoms with Crippen LogP contribution in [0.3, 0.4) is 0 Å². The molecule has 2 aromatic carbocycles. The highest BCUT2D eigenvalue weighted by Crippen LogP contribution is 2.14. The molecule has 0 saturated carbocycles. The van der Waals surface area contributed by atoms with Crippen molar-refractivity contribution in [1.29, 1.82) is 0 Å². The molecule has 0 heteroatoms. The second-order valence-electron chi connectivity index (χ2n) is 4.05. The van der Waals surface area contributed by atoms with E-state index in [0.717, 1.165) is 6.42 Å². The number of aryl methyl sites for hydroxylation is 1. The fourth-order valence-corrected chi connectivity index (χ4v) is 1.80. The van der Waals surface area contributed by atoms with E-state index in [9.17, 15) is 0 Å². The Hall–Kier alpha value is -1.82. The molecule has 0 aromatic heterocycles. The molecule has 2 aromatic rings. The van der Waals surface area contributed by atoms with E-state index in [-0.39, 0.29) is 0 Å². The molecule has 0 nitrogen and oxygen atoms in total. The summed E-state index contributed by atoms with van der Waals surface area (Å²) in [5.41, 5.74) is 5.28. The van der Waals surface area contributed by atoms with Crippen molar-refractivity contribution in [3.8, 4) is 0 Å². The third-order valence-corrected chi connectivity index (χ3v) is 2.87. The van der Waals surface area contributed by atoms with Crippen LogP contribution in [0.2, 0.25) is 0 Å². The first kappa shape index (κ1) is 10.7. The predicted octanol–water partition coefficient (Wildman–Crippen LogP) is 4.23. The highest BCUT2D eigenvalue weighted by Gasteiger charge is 1.98. The van der Waals surface area contributed by atoms with Crippen molar-refractivity contribution in [2.24, 2.45) is 0 Å². The monoisotopic (exact) mass is 208 g/mol. The second-order valence-corrected chi connectivity index (χ2v) is 4.05. The van der Waals surface area contributed by atoms with Crippen molar-refractivity contribution < 1.29 is 0 Å². The maximum Gasteiger partial charge on any atom is -0.00231 e. The van der Waals surface area contributed by atoms with Crippen LogP contribution in [0.25, 0.3) is 6.08 Å². The van der Waals surface area contributed by atoms with E-state index in [4.69, 9.17) is 0 Å². The smallest absolute Gasteiger partial charge is 0.00231 e. The SMILES string of the molecule is C=Cc1ccc(Cc2ccccc2C)cc1. The minimum Gasteiger partial charge on any atom is -0.0985 e. The molecule has 0 amide bonds. The topological polar surface area (TPSA) is 0 Å². The predicted molar refractivity (Wildman–Crippen MR) is 70.5 cm³/mol. The molecule has 0 aliphatic carbocycles. The summed E-state index contributed by atoms with van der Waals surface area (Å²) in [5.74, 6) is 0. The lowest BCUT2D eigenvalue weighted by Crippen LogP contribution is -1.91. The van der Waals surface area contributed by atoms with E-state index in [0.29, 0.717) is 0 Å². The first-order valence-electron chi connectivity index (χ1n) is 5.55. The first-order chi connectivity index (χ1) is 7.79. The number of benzene rings is 2. The van der Waals surface area contributed by atoms with Gasteiger partial charge in [-0.05, 0) is 35.6 Å². The molecule has 0 fully saturated rings. The molecule has 16 heavy (non-hydrogen) atoms.